The first-order valence-corrected chi connectivity index (χ1v) is 9.77. The van der Waals surface area contributed by atoms with Crippen molar-refractivity contribution in [1.82, 2.24) is 9.27 Å². The fourth-order valence-electron chi connectivity index (χ4n) is 2.75. The van der Waals surface area contributed by atoms with E-state index < -0.39 is 9.84 Å². The van der Waals surface area contributed by atoms with Gasteiger partial charge >= 0.3 is 0 Å². The minimum Gasteiger partial charge on any atom is -0.382 e. The van der Waals surface area contributed by atoms with Crippen molar-refractivity contribution in [2.24, 2.45) is 5.92 Å². The van der Waals surface area contributed by atoms with E-state index in [0.717, 1.165) is 31.2 Å². The summed E-state index contributed by atoms with van der Waals surface area (Å²) in [5.74, 6) is 0.765. The molecule has 2 rings (SSSR count). The number of likely N-dealkylation sites (tertiary alicyclic amines) is 1. The SMILES string of the molecule is CCCS(=O)(=O)c1c(N)nsc1NCC1CCCN(C)C1. The summed E-state index contributed by atoms with van der Waals surface area (Å²) in [7, 11) is -1.22. The Bertz CT molecular complexity index is 571. The Morgan fingerprint density at radius 2 is 2.29 bits per heavy atom. The molecule has 1 aliphatic heterocycles. The number of hydrogen-bond acceptors (Lipinski definition) is 7. The van der Waals surface area contributed by atoms with Gasteiger partial charge in [-0.1, -0.05) is 6.92 Å². The van der Waals surface area contributed by atoms with Crippen molar-refractivity contribution < 1.29 is 8.42 Å². The van der Waals surface area contributed by atoms with Gasteiger partial charge in [0, 0.05) is 13.1 Å². The van der Waals surface area contributed by atoms with Gasteiger partial charge in [0.2, 0.25) is 0 Å². The number of nitrogens with zero attached hydrogens (tertiary/aromatic N) is 2. The minimum atomic E-state index is -3.34. The largest absolute Gasteiger partial charge is 0.382 e. The molecular weight excluding hydrogens is 308 g/mol. The molecule has 8 heteroatoms. The molecule has 1 saturated heterocycles. The number of nitrogens with two attached hydrogens (primary N) is 1. The van der Waals surface area contributed by atoms with Gasteiger partial charge < -0.3 is 16.0 Å². The maximum absolute atomic E-state index is 12.3. The van der Waals surface area contributed by atoms with E-state index in [1.165, 1.54) is 12.8 Å². The topological polar surface area (TPSA) is 88.3 Å². The van der Waals surface area contributed by atoms with Gasteiger partial charge in [-0.25, -0.2) is 8.42 Å². The number of aromatic nitrogens is 1. The highest BCUT2D eigenvalue weighted by molar-refractivity contribution is 7.91. The number of sulfone groups is 1. The van der Waals surface area contributed by atoms with Crippen LogP contribution in [0, 0.1) is 5.92 Å². The lowest BCUT2D eigenvalue weighted by molar-refractivity contribution is 0.217. The van der Waals surface area contributed by atoms with E-state index >= 15 is 0 Å². The molecule has 1 unspecified atom stereocenters. The van der Waals surface area contributed by atoms with Crippen molar-refractivity contribution in [3.63, 3.8) is 0 Å². The van der Waals surface area contributed by atoms with Crippen LogP contribution in [-0.4, -0.2) is 50.1 Å². The molecule has 1 atom stereocenters. The molecule has 1 aromatic heterocycles. The van der Waals surface area contributed by atoms with Crippen LogP contribution in [0.1, 0.15) is 26.2 Å². The van der Waals surface area contributed by atoms with Crippen molar-refractivity contribution in [3.8, 4) is 0 Å². The first-order chi connectivity index (χ1) is 9.94. The summed E-state index contributed by atoms with van der Waals surface area (Å²) in [4.78, 5) is 2.50. The van der Waals surface area contributed by atoms with Crippen LogP contribution >= 0.6 is 11.5 Å². The number of anilines is 2. The van der Waals surface area contributed by atoms with E-state index in [9.17, 15) is 8.42 Å². The Balaban J connectivity index is 2.07. The lowest BCUT2D eigenvalue weighted by Gasteiger charge is -2.29. The fourth-order valence-corrected chi connectivity index (χ4v) is 5.38. The van der Waals surface area contributed by atoms with Crippen LogP contribution in [0.2, 0.25) is 0 Å². The highest BCUT2D eigenvalue weighted by Gasteiger charge is 2.25. The van der Waals surface area contributed by atoms with E-state index in [-0.39, 0.29) is 16.5 Å². The predicted octanol–water partition coefficient (Wildman–Crippen LogP) is 1.66. The van der Waals surface area contributed by atoms with Gasteiger partial charge in [-0.05, 0) is 50.3 Å². The monoisotopic (exact) mass is 332 g/mol. The molecule has 0 saturated carbocycles. The zero-order valence-corrected chi connectivity index (χ0v) is 14.3. The van der Waals surface area contributed by atoms with Gasteiger partial charge in [0.05, 0.1) is 5.75 Å². The zero-order chi connectivity index (χ0) is 15.5. The molecule has 0 radical (unpaired) electrons. The Morgan fingerprint density at radius 1 is 1.52 bits per heavy atom. The van der Waals surface area contributed by atoms with Crippen LogP contribution in [0.25, 0.3) is 0 Å². The molecule has 120 valence electrons. The van der Waals surface area contributed by atoms with Crippen molar-refractivity contribution in [3.05, 3.63) is 0 Å². The van der Waals surface area contributed by atoms with Crippen LogP contribution in [0.5, 0.6) is 0 Å². The molecule has 21 heavy (non-hydrogen) atoms. The van der Waals surface area contributed by atoms with Crippen LogP contribution in [0.3, 0.4) is 0 Å². The average Bonchev–Trinajstić information content (AvgIpc) is 2.78. The molecule has 3 N–H and O–H groups in total. The molecule has 1 aliphatic rings. The Labute approximate surface area is 130 Å². The molecule has 0 bridgehead atoms. The summed E-state index contributed by atoms with van der Waals surface area (Å²) in [5, 5.41) is 3.85. The van der Waals surface area contributed by atoms with E-state index in [4.69, 9.17) is 5.73 Å². The molecular formula is C13H24N4O2S2. The van der Waals surface area contributed by atoms with Crippen molar-refractivity contribution in [1.29, 1.82) is 0 Å². The molecule has 1 aromatic rings. The second-order valence-corrected chi connectivity index (χ2v) is 8.52. The summed E-state index contributed by atoms with van der Waals surface area (Å²) in [5.41, 5.74) is 5.76. The normalized spacial score (nSPS) is 20.6. The van der Waals surface area contributed by atoms with Crippen molar-refractivity contribution in [2.75, 3.05) is 43.5 Å². The molecule has 0 spiro atoms. The highest BCUT2D eigenvalue weighted by Crippen LogP contribution is 2.33. The zero-order valence-electron chi connectivity index (χ0n) is 12.6. The van der Waals surface area contributed by atoms with Crippen LogP contribution in [-0.2, 0) is 9.84 Å². The van der Waals surface area contributed by atoms with Crippen molar-refractivity contribution >= 4 is 32.2 Å². The smallest absolute Gasteiger partial charge is 0.185 e. The predicted molar refractivity (Wildman–Crippen MR) is 87.6 cm³/mol. The second kappa shape index (κ2) is 6.93. The molecule has 0 aromatic carbocycles. The van der Waals surface area contributed by atoms with Gasteiger partial charge in [0.15, 0.2) is 15.7 Å². The highest BCUT2D eigenvalue weighted by atomic mass is 32.2. The van der Waals surface area contributed by atoms with Crippen LogP contribution in [0.15, 0.2) is 4.90 Å². The number of rotatable bonds is 6. The standard InChI is InChI=1S/C13H24N4O2S2/c1-3-7-21(18,19)11-12(14)16-20-13(11)15-8-10-5-4-6-17(2)9-10/h10,15H,3-9H2,1-2H3,(H2,14,16). The number of nitrogen functional groups attached to an aromatic ring is 1. The van der Waals surface area contributed by atoms with Gasteiger partial charge in [-0.15, -0.1) is 0 Å². The summed E-state index contributed by atoms with van der Waals surface area (Å²) >= 11 is 1.14. The Hall–Kier alpha value is -0.860. The number of piperidine rings is 1. The third kappa shape index (κ3) is 4.08. The van der Waals surface area contributed by atoms with Crippen LogP contribution < -0.4 is 11.1 Å². The van der Waals surface area contributed by atoms with E-state index in [2.05, 4.69) is 21.6 Å². The van der Waals surface area contributed by atoms with Gasteiger partial charge in [0.25, 0.3) is 0 Å². The molecule has 1 fully saturated rings. The lowest BCUT2D eigenvalue weighted by atomic mass is 9.99. The van der Waals surface area contributed by atoms with Crippen molar-refractivity contribution in [2.45, 2.75) is 31.1 Å². The maximum atomic E-state index is 12.3. The summed E-state index contributed by atoms with van der Waals surface area (Å²) in [6.07, 6.45) is 2.93. The van der Waals surface area contributed by atoms with E-state index in [1.54, 1.807) is 0 Å². The summed E-state index contributed by atoms with van der Waals surface area (Å²) in [6, 6.07) is 0. The van der Waals surface area contributed by atoms with Gasteiger partial charge in [-0.3, -0.25) is 0 Å². The van der Waals surface area contributed by atoms with E-state index in [1.807, 2.05) is 6.92 Å². The quantitative estimate of drug-likeness (QED) is 0.824. The Morgan fingerprint density at radius 3 is 2.95 bits per heavy atom. The second-order valence-electron chi connectivity index (χ2n) is 5.70. The summed E-state index contributed by atoms with van der Waals surface area (Å²) < 4.78 is 28.6. The fraction of sp³-hybridized carbons (Fsp3) is 0.769. The first kappa shape index (κ1) is 16.5. The number of hydrogen-bond donors (Lipinski definition) is 2. The average molecular weight is 332 g/mol. The minimum absolute atomic E-state index is 0.108. The molecule has 0 amide bonds. The first-order valence-electron chi connectivity index (χ1n) is 7.34. The van der Waals surface area contributed by atoms with Gasteiger partial charge in [-0.2, -0.15) is 4.37 Å². The summed E-state index contributed by atoms with van der Waals surface area (Å²) in [6.45, 7) is 4.79. The molecule has 0 aliphatic carbocycles. The lowest BCUT2D eigenvalue weighted by Crippen LogP contribution is -2.35. The maximum Gasteiger partial charge on any atom is 0.185 e. The molecule has 6 nitrogen and oxygen atoms in total. The number of nitrogens with one attached hydrogen (secondary N) is 1. The van der Waals surface area contributed by atoms with Crippen LogP contribution in [0.4, 0.5) is 10.8 Å². The Kier molecular flexibility index (Phi) is 5.45. The van der Waals surface area contributed by atoms with Gasteiger partial charge in [0.1, 0.15) is 9.90 Å². The third-order valence-electron chi connectivity index (χ3n) is 3.73. The molecule has 2 heterocycles. The van der Waals surface area contributed by atoms with E-state index in [0.29, 0.717) is 17.3 Å². The third-order valence-corrected chi connectivity index (χ3v) is 6.66.